The Bertz CT molecular complexity index is 695. The molecule has 0 bridgehead atoms. The van der Waals surface area contributed by atoms with Gasteiger partial charge in [-0.15, -0.1) is 0 Å². The first-order chi connectivity index (χ1) is 11.0. The first-order valence-electron chi connectivity index (χ1n) is 6.73. The number of nitrogens with zero attached hydrogens (tertiary/aromatic N) is 1. The van der Waals surface area contributed by atoms with E-state index in [1.54, 1.807) is 30.3 Å². The largest absolute Gasteiger partial charge is 0.458 e. The standard InChI is InChI=1S/C15H14N2O6/c1-2-23-15(11(8-18)12(19)17(16)13(15)20)14(21)22-9-10-6-4-3-5-7-10/h3-7H,2,9,16H2,1H3/t15-/m1/s1. The van der Waals surface area contributed by atoms with E-state index in [1.807, 2.05) is 0 Å². The third kappa shape index (κ3) is 2.66. The second-order valence-electron chi connectivity index (χ2n) is 4.63. The Morgan fingerprint density at radius 3 is 2.52 bits per heavy atom. The average Bonchev–Trinajstić information content (AvgIpc) is 2.75. The van der Waals surface area contributed by atoms with Gasteiger partial charge in [0.15, 0.2) is 5.57 Å². The Morgan fingerprint density at radius 2 is 1.96 bits per heavy atom. The summed E-state index contributed by atoms with van der Waals surface area (Å²) >= 11 is 0. The number of carbonyl (C=O) groups is 3. The highest BCUT2D eigenvalue weighted by molar-refractivity contribution is 6.30. The van der Waals surface area contributed by atoms with E-state index in [9.17, 15) is 19.2 Å². The van der Waals surface area contributed by atoms with Gasteiger partial charge in [-0.3, -0.25) is 9.59 Å². The number of rotatable bonds is 5. The molecule has 8 heteroatoms. The molecule has 0 saturated carbocycles. The molecular weight excluding hydrogens is 304 g/mol. The van der Waals surface area contributed by atoms with Gasteiger partial charge >= 0.3 is 5.97 Å². The van der Waals surface area contributed by atoms with Crippen LogP contribution >= 0.6 is 0 Å². The van der Waals surface area contributed by atoms with Crippen LogP contribution in [0.1, 0.15) is 12.5 Å². The molecule has 2 rings (SSSR count). The van der Waals surface area contributed by atoms with Crippen LogP contribution in [0.3, 0.4) is 0 Å². The molecule has 120 valence electrons. The van der Waals surface area contributed by atoms with Crippen molar-refractivity contribution in [2.75, 3.05) is 6.61 Å². The van der Waals surface area contributed by atoms with Gasteiger partial charge in [0.2, 0.25) is 0 Å². The predicted molar refractivity (Wildman–Crippen MR) is 75.8 cm³/mol. The van der Waals surface area contributed by atoms with Crippen LogP contribution in [0.4, 0.5) is 0 Å². The molecule has 0 unspecified atom stereocenters. The molecule has 23 heavy (non-hydrogen) atoms. The maximum absolute atomic E-state index is 12.4. The SMILES string of the molecule is CCO[C@@]1(C(=O)OCc2ccccc2)C(=O)N(N)C(=O)C1=C=O. The van der Waals surface area contributed by atoms with E-state index in [1.165, 1.54) is 12.9 Å². The monoisotopic (exact) mass is 318 g/mol. The molecule has 1 atom stereocenters. The van der Waals surface area contributed by atoms with Gasteiger partial charge in [-0.05, 0) is 12.5 Å². The average molecular weight is 318 g/mol. The highest BCUT2D eigenvalue weighted by Gasteiger charge is 2.64. The molecule has 1 aromatic carbocycles. The van der Waals surface area contributed by atoms with E-state index in [4.69, 9.17) is 15.3 Å². The lowest BCUT2D eigenvalue weighted by molar-refractivity contribution is -0.174. The Kier molecular flexibility index (Phi) is 4.71. The fourth-order valence-corrected chi connectivity index (χ4v) is 2.18. The highest BCUT2D eigenvalue weighted by Crippen LogP contribution is 2.32. The summed E-state index contributed by atoms with van der Waals surface area (Å²) in [5, 5.41) is 0.152. The van der Waals surface area contributed by atoms with E-state index in [2.05, 4.69) is 0 Å². The van der Waals surface area contributed by atoms with Crippen molar-refractivity contribution in [1.29, 1.82) is 0 Å². The summed E-state index contributed by atoms with van der Waals surface area (Å²) in [4.78, 5) is 47.5. The zero-order valence-corrected chi connectivity index (χ0v) is 12.3. The molecule has 2 N–H and O–H groups in total. The summed E-state index contributed by atoms with van der Waals surface area (Å²) in [7, 11) is 0. The molecule has 2 amide bonds. The van der Waals surface area contributed by atoms with Crippen LogP contribution < -0.4 is 5.84 Å². The van der Waals surface area contributed by atoms with Crippen LogP contribution in [0, 0.1) is 0 Å². The number of carbonyl (C=O) groups excluding carboxylic acids is 4. The molecule has 8 nitrogen and oxygen atoms in total. The van der Waals surface area contributed by atoms with Gasteiger partial charge < -0.3 is 9.47 Å². The topological polar surface area (TPSA) is 116 Å². The minimum absolute atomic E-state index is 0.127. The molecule has 0 aliphatic carbocycles. The highest BCUT2D eigenvalue weighted by atomic mass is 16.6. The van der Waals surface area contributed by atoms with Gasteiger partial charge in [-0.2, -0.15) is 0 Å². The molecule has 1 saturated heterocycles. The zero-order valence-electron chi connectivity index (χ0n) is 12.3. The minimum atomic E-state index is -2.50. The quantitative estimate of drug-likeness (QED) is 0.148. The first-order valence-corrected chi connectivity index (χ1v) is 6.73. The van der Waals surface area contributed by atoms with E-state index < -0.39 is 29.0 Å². The zero-order chi connectivity index (χ0) is 17.0. The van der Waals surface area contributed by atoms with E-state index in [0.717, 1.165) is 0 Å². The maximum atomic E-state index is 12.4. The Labute approximate surface area is 131 Å². The number of hydrazine groups is 1. The van der Waals surface area contributed by atoms with Gasteiger partial charge in [-0.25, -0.2) is 20.4 Å². The predicted octanol–water partition coefficient (Wildman–Crippen LogP) is -0.494. The number of hydrogen-bond donors (Lipinski definition) is 1. The van der Waals surface area contributed by atoms with Gasteiger partial charge in [0.25, 0.3) is 17.4 Å². The van der Waals surface area contributed by atoms with Crippen LogP contribution in [-0.2, 0) is 35.3 Å². The van der Waals surface area contributed by atoms with Crippen LogP contribution in [0.25, 0.3) is 0 Å². The van der Waals surface area contributed by atoms with Crippen LogP contribution in [0.5, 0.6) is 0 Å². The molecule has 1 heterocycles. The fourth-order valence-electron chi connectivity index (χ4n) is 2.18. The number of nitrogens with two attached hydrogens (primary N) is 1. The molecule has 1 aliphatic rings. The number of amides is 2. The third-order valence-corrected chi connectivity index (χ3v) is 3.27. The smallest absolute Gasteiger partial charge is 0.354 e. The summed E-state index contributed by atoms with van der Waals surface area (Å²) in [6.45, 7) is 1.21. The third-order valence-electron chi connectivity index (χ3n) is 3.27. The Morgan fingerprint density at radius 1 is 1.30 bits per heavy atom. The Hall–Kier alpha value is -2.80. The number of imide groups is 1. The van der Waals surface area contributed by atoms with Crippen molar-refractivity contribution in [2.45, 2.75) is 19.1 Å². The summed E-state index contributed by atoms with van der Waals surface area (Å²) in [6, 6.07) is 8.67. The van der Waals surface area contributed by atoms with E-state index in [0.29, 0.717) is 5.56 Å². The van der Waals surface area contributed by atoms with E-state index in [-0.39, 0.29) is 18.2 Å². The number of benzene rings is 1. The van der Waals surface area contributed by atoms with Crippen molar-refractivity contribution in [1.82, 2.24) is 5.01 Å². The molecule has 1 aromatic rings. The molecule has 1 fully saturated rings. The van der Waals surface area contributed by atoms with Crippen molar-refractivity contribution >= 4 is 23.7 Å². The van der Waals surface area contributed by atoms with Crippen molar-refractivity contribution in [2.24, 2.45) is 5.84 Å². The van der Waals surface area contributed by atoms with Gasteiger partial charge in [0, 0.05) is 6.61 Å². The van der Waals surface area contributed by atoms with Gasteiger partial charge in [-0.1, -0.05) is 30.3 Å². The maximum Gasteiger partial charge on any atom is 0.354 e. The Balaban J connectivity index is 2.33. The lowest BCUT2D eigenvalue weighted by atomic mass is 9.97. The van der Waals surface area contributed by atoms with Crippen LogP contribution in [0.2, 0.25) is 0 Å². The van der Waals surface area contributed by atoms with E-state index >= 15 is 0 Å². The summed E-state index contributed by atoms with van der Waals surface area (Å²) in [5.41, 5.74) is -2.66. The molecule has 1 aliphatic heterocycles. The lowest BCUT2D eigenvalue weighted by Gasteiger charge is -2.23. The summed E-state index contributed by atoms with van der Waals surface area (Å²) in [6.07, 6.45) is 0. The fraction of sp³-hybridized carbons (Fsp3) is 0.267. The van der Waals surface area contributed by atoms with Crippen LogP contribution in [-0.4, -0.2) is 40.9 Å². The molecular formula is C15H14N2O6. The number of ether oxygens (including phenoxy) is 2. The second kappa shape index (κ2) is 6.53. The summed E-state index contributed by atoms with van der Waals surface area (Å²) in [5.74, 6) is 3.05. The molecule has 0 spiro atoms. The van der Waals surface area contributed by atoms with Gasteiger partial charge in [0.1, 0.15) is 12.5 Å². The minimum Gasteiger partial charge on any atom is -0.458 e. The number of hydrogen-bond acceptors (Lipinski definition) is 7. The van der Waals surface area contributed by atoms with Crippen LogP contribution in [0.15, 0.2) is 35.9 Å². The second-order valence-corrected chi connectivity index (χ2v) is 4.63. The lowest BCUT2D eigenvalue weighted by Crippen LogP contribution is -2.52. The normalized spacial score (nSPS) is 20.6. The summed E-state index contributed by atoms with van der Waals surface area (Å²) < 4.78 is 10.2. The van der Waals surface area contributed by atoms with Crippen molar-refractivity contribution in [3.05, 3.63) is 41.5 Å². The van der Waals surface area contributed by atoms with Crippen molar-refractivity contribution < 1.29 is 28.7 Å². The first kappa shape index (κ1) is 16.6. The molecule has 0 radical (unpaired) electrons. The molecule has 0 aromatic heterocycles. The number of esters is 1. The van der Waals surface area contributed by atoms with Crippen molar-refractivity contribution in [3.8, 4) is 0 Å². The van der Waals surface area contributed by atoms with Crippen molar-refractivity contribution in [3.63, 3.8) is 0 Å². The van der Waals surface area contributed by atoms with Gasteiger partial charge in [0.05, 0.1) is 0 Å².